The van der Waals surface area contributed by atoms with Crippen LogP contribution >= 0.6 is 0 Å². The van der Waals surface area contributed by atoms with Gasteiger partial charge in [0.15, 0.2) is 0 Å². The van der Waals surface area contributed by atoms with Crippen LogP contribution in [0.4, 0.5) is 0 Å². The van der Waals surface area contributed by atoms with Crippen LogP contribution in [0.5, 0.6) is 0 Å². The highest BCUT2D eigenvalue weighted by Crippen LogP contribution is 2.32. The predicted octanol–water partition coefficient (Wildman–Crippen LogP) is 1.46. The van der Waals surface area contributed by atoms with Crippen LogP contribution in [0.1, 0.15) is 37.1 Å². The number of hydrogen-bond acceptors (Lipinski definition) is 2. The fraction of sp³-hybridized carbons (Fsp3) is 0.700. The third-order valence-electron chi connectivity index (χ3n) is 3.15. The van der Waals surface area contributed by atoms with Crippen molar-refractivity contribution in [2.75, 3.05) is 0 Å². The van der Waals surface area contributed by atoms with E-state index >= 15 is 0 Å². The van der Waals surface area contributed by atoms with Crippen molar-refractivity contribution in [2.45, 2.75) is 38.9 Å². The lowest BCUT2D eigenvalue weighted by Gasteiger charge is -2.02. The summed E-state index contributed by atoms with van der Waals surface area (Å²) < 4.78 is 2.20. The Hall–Kier alpha value is -0.830. The van der Waals surface area contributed by atoms with Crippen molar-refractivity contribution in [2.24, 2.45) is 5.92 Å². The van der Waals surface area contributed by atoms with E-state index < -0.39 is 0 Å². The Morgan fingerprint density at radius 1 is 1.62 bits per heavy atom. The maximum absolute atomic E-state index is 4.45. The number of hydrogen-bond donors (Lipinski definition) is 1. The number of fused-ring (bicyclic) bond motifs is 1. The molecule has 2 heterocycles. The lowest BCUT2D eigenvalue weighted by Crippen LogP contribution is -2.11. The molecule has 3 nitrogen and oxygen atoms in total. The molecular weight excluding hydrogens is 162 g/mol. The number of aromatic nitrogens is 2. The van der Waals surface area contributed by atoms with E-state index in [4.69, 9.17) is 0 Å². The molecule has 1 aromatic rings. The molecule has 1 atom stereocenters. The van der Waals surface area contributed by atoms with Gasteiger partial charge in [-0.25, -0.2) is 0 Å². The molecule has 3 heteroatoms. The van der Waals surface area contributed by atoms with Crippen molar-refractivity contribution in [3.63, 3.8) is 0 Å². The van der Waals surface area contributed by atoms with Gasteiger partial charge in [-0.2, -0.15) is 5.10 Å². The van der Waals surface area contributed by atoms with Gasteiger partial charge < -0.3 is 5.32 Å². The third-order valence-corrected chi connectivity index (χ3v) is 3.15. The van der Waals surface area contributed by atoms with Gasteiger partial charge >= 0.3 is 0 Å². The molecule has 1 N–H and O–H groups in total. The summed E-state index contributed by atoms with van der Waals surface area (Å²) in [6, 6.07) is 0.503. The van der Waals surface area contributed by atoms with Crippen molar-refractivity contribution in [1.29, 1.82) is 0 Å². The van der Waals surface area contributed by atoms with E-state index in [0.29, 0.717) is 6.04 Å². The first-order chi connectivity index (χ1) is 6.34. The molecule has 1 aromatic heterocycles. The molecule has 3 rings (SSSR count). The topological polar surface area (TPSA) is 29.9 Å². The molecule has 0 aromatic carbocycles. The quantitative estimate of drug-likeness (QED) is 0.741. The molecule has 0 amide bonds. The van der Waals surface area contributed by atoms with Crippen molar-refractivity contribution >= 4 is 0 Å². The molecule has 0 saturated heterocycles. The van der Waals surface area contributed by atoms with E-state index in [1.54, 1.807) is 0 Å². The number of nitrogens with zero attached hydrogens (tertiary/aromatic N) is 2. The monoisotopic (exact) mass is 177 g/mol. The van der Waals surface area contributed by atoms with Gasteiger partial charge in [0, 0.05) is 24.7 Å². The zero-order valence-electron chi connectivity index (χ0n) is 7.95. The number of nitrogens with one attached hydrogen (secondary N) is 1. The highest BCUT2D eigenvalue weighted by atomic mass is 15.3. The average molecular weight is 177 g/mol. The summed E-state index contributed by atoms with van der Waals surface area (Å²) in [6.07, 6.45) is 4.83. The summed E-state index contributed by atoms with van der Waals surface area (Å²) in [5.41, 5.74) is 2.82. The Bertz CT molecular complexity index is 325. The second-order valence-electron chi connectivity index (χ2n) is 4.27. The smallest absolute Gasteiger partial charge is 0.0570 e. The van der Waals surface area contributed by atoms with Crippen molar-refractivity contribution in [3.8, 4) is 0 Å². The Morgan fingerprint density at radius 3 is 3.23 bits per heavy atom. The Labute approximate surface area is 78.1 Å². The van der Waals surface area contributed by atoms with Gasteiger partial charge in [0.1, 0.15) is 0 Å². The van der Waals surface area contributed by atoms with Crippen LogP contribution in [0, 0.1) is 5.92 Å². The van der Waals surface area contributed by atoms with Gasteiger partial charge in [0.2, 0.25) is 0 Å². The highest BCUT2D eigenvalue weighted by Gasteiger charge is 2.27. The van der Waals surface area contributed by atoms with Crippen LogP contribution in [0.15, 0.2) is 6.20 Å². The first-order valence-corrected chi connectivity index (χ1v) is 5.12. The van der Waals surface area contributed by atoms with E-state index in [2.05, 4.69) is 22.0 Å². The predicted molar refractivity (Wildman–Crippen MR) is 50.2 cm³/mol. The maximum Gasteiger partial charge on any atom is 0.0570 e. The molecule has 1 aliphatic carbocycles. The zero-order valence-corrected chi connectivity index (χ0v) is 7.95. The largest absolute Gasteiger partial charge is 0.304 e. The first kappa shape index (κ1) is 7.56. The lowest BCUT2D eigenvalue weighted by atomic mass is 10.2. The maximum atomic E-state index is 4.45. The van der Waals surface area contributed by atoms with Crippen LogP contribution in [-0.4, -0.2) is 9.78 Å². The molecule has 0 bridgehead atoms. The molecule has 70 valence electrons. The molecule has 13 heavy (non-hydrogen) atoms. The summed E-state index contributed by atoms with van der Waals surface area (Å²) in [5.74, 6) is 0.917. The minimum atomic E-state index is 0.503. The molecule has 1 aliphatic heterocycles. The van der Waals surface area contributed by atoms with E-state index in [1.807, 2.05) is 6.20 Å². The van der Waals surface area contributed by atoms with Gasteiger partial charge in [-0.05, 0) is 25.7 Å². The molecule has 2 aliphatic rings. The van der Waals surface area contributed by atoms with E-state index in [1.165, 1.54) is 24.1 Å². The summed E-state index contributed by atoms with van der Waals surface area (Å²) in [5, 5.41) is 7.88. The molecule has 1 saturated carbocycles. The van der Waals surface area contributed by atoms with Crippen LogP contribution in [0.2, 0.25) is 0 Å². The fourth-order valence-corrected chi connectivity index (χ4v) is 2.04. The summed E-state index contributed by atoms with van der Waals surface area (Å²) in [7, 11) is 0. The van der Waals surface area contributed by atoms with Gasteiger partial charge in [0.25, 0.3) is 0 Å². The minimum absolute atomic E-state index is 0.503. The second-order valence-corrected chi connectivity index (χ2v) is 4.27. The van der Waals surface area contributed by atoms with E-state index in [0.717, 1.165) is 19.0 Å². The summed E-state index contributed by atoms with van der Waals surface area (Å²) in [4.78, 5) is 0. The van der Waals surface area contributed by atoms with Gasteiger partial charge in [-0.1, -0.05) is 0 Å². The molecular formula is C10H15N3. The lowest BCUT2D eigenvalue weighted by molar-refractivity contribution is 0.527. The van der Waals surface area contributed by atoms with Crippen molar-refractivity contribution in [3.05, 3.63) is 17.5 Å². The van der Waals surface area contributed by atoms with Crippen LogP contribution < -0.4 is 5.32 Å². The second kappa shape index (κ2) is 2.58. The standard InChI is InChI=1S/C10H15N3/c1-7-9-4-12-13(6-8-2-3-8)10(9)5-11-7/h4,7-8,11H,2-3,5-6H2,1H3/t7-/m1/s1. The fourth-order valence-electron chi connectivity index (χ4n) is 2.04. The third kappa shape index (κ3) is 1.18. The summed E-state index contributed by atoms with van der Waals surface area (Å²) >= 11 is 0. The van der Waals surface area contributed by atoms with Crippen LogP contribution in [0.25, 0.3) is 0 Å². The molecule has 0 spiro atoms. The number of rotatable bonds is 2. The first-order valence-electron chi connectivity index (χ1n) is 5.12. The zero-order chi connectivity index (χ0) is 8.84. The van der Waals surface area contributed by atoms with Gasteiger partial charge in [0.05, 0.1) is 11.9 Å². The Balaban J connectivity index is 1.89. The highest BCUT2D eigenvalue weighted by molar-refractivity contribution is 5.25. The van der Waals surface area contributed by atoms with E-state index in [-0.39, 0.29) is 0 Å². The normalized spacial score (nSPS) is 26.4. The van der Waals surface area contributed by atoms with Crippen LogP contribution in [0.3, 0.4) is 0 Å². The average Bonchev–Trinajstić information content (AvgIpc) is 2.72. The molecule has 1 fully saturated rings. The SMILES string of the molecule is C[C@H]1NCc2c1cnn2CC1CC1. The van der Waals surface area contributed by atoms with Crippen LogP contribution in [-0.2, 0) is 13.1 Å². The minimum Gasteiger partial charge on any atom is -0.304 e. The Kier molecular flexibility index (Phi) is 1.50. The molecule has 0 radical (unpaired) electrons. The van der Waals surface area contributed by atoms with Crippen molar-refractivity contribution < 1.29 is 0 Å². The van der Waals surface area contributed by atoms with Crippen molar-refractivity contribution in [1.82, 2.24) is 15.1 Å². The molecule has 0 unspecified atom stereocenters. The Morgan fingerprint density at radius 2 is 2.46 bits per heavy atom. The summed E-state index contributed by atoms with van der Waals surface area (Å²) in [6.45, 7) is 4.35. The van der Waals surface area contributed by atoms with Gasteiger partial charge in [-0.3, -0.25) is 4.68 Å². The van der Waals surface area contributed by atoms with E-state index in [9.17, 15) is 0 Å². The van der Waals surface area contributed by atoms with Gasteiger partial charge in [-0.15, -0.1) is 0 Å².